The number of para-hydroxylation sites is 3. The molecular formula is C37H24N2O2. The summed E-state index contributed by atoms with van der Waals surface area (Å²) >= 11 is 0. The average molecular weight is 529 g/mol. The highest BCUT2D eigenvalue weighted by molar-refractivity contribution is 6.24. The Hall–Kier alpha value is -5.32. The maximum absolute atomic E-state index is 6.42. The molecule has 0 saturated heterocycles. The minimum atomic E-state index is 0.425. The molecule has 2 N–H and O–H groups in total. The van der Waals surface area contributed by atoms with Crippen LogP contribution in [0.3, 0.4) is 0 Å². The van der Waals surface area contributed by atoms with Gasteiger partial charge in [-0.1, -0.05) is 72.8 Å². The van der Waals surface area contributed by atoms with Crippen molar-refractivity contribution >= 4 is 65.7 Å². The Morgan fingerprint density at radius 3 is 2.07 bits per heavy atom. The first-order valence-electron chi connectivity index (χ1n) is 13.9. The standard InChI is InChI=1S/C37H24N2O2/c38-21-23-8-7-13-30(35(23)22-16-18-33-28(20-22)25-10-2-5-14-31(25)40-33)39-29-12-4-1-9-24(29)26-17-19-34-36(37(26)39)27-11-3-6-15-32(27)41-34/h1-20H,21,38H2. The number of rotatable bonds is 3. The molecule has 9 aromatic rings. The van der Waals surface area contributed by atoms with Gasteiger partial charge in [0.05, 0.1) is 22.1 Å². The van der Waals surface area contributed by atoms with E-state index in [0.717, 1.165) is 77.3 Å². The van der Waals surface area contributed by atoms with Gasteiger partial charge in [-0.2, -0.15) is 0 Å². The van der Waals surface area contributed by atoms with Gasteiger partial charge >= 0.3 is 0 Å². The van der Waals surface area contributed by atoms with Crippen molar-refractivity contribution in [1.82, 2.24) is 4.57 Å². The molecule has 194 valence electrons. The van der Waals surface area contributed by atoms with E-state index in [0.29, 0.717) is 6.54 Å². The van der Waals surface area contributed by atoms with E-state index >= 15 is 0 Å². The lowest BCUT2D eigenvalue weighted by Crippen LogP contribution is -2.04. The third kappa shape index (κ3) is 3.08. The number of fused-ring (bicyclic) bond motifs is 10. The minimum absolute atomic E-state index is 0.425. The van der Waals surface area contributed by atoms with Crippen LogP contribution in [0, 0.1) is 0 Å². The second-order valence-electron chi connectivity index (χ2n) is 10.6. The van der Waals surface area contributed by atoms with Crippen molar-refractivity contribution in [2.45, 2.75) is 6.54 Å². The normalized spacial score (nSPS) is 12.1. The zero-order valence-corrected chi connectivity index (χ0v) is 22.1. The van der Waals surface area contributed by atoms with Crippen LogP contribution in [0.25, 0.3) is 82.5 Å². The summed E-state index contributed by atoms with van der Waals surface area (Å²) in [5, 5.41) is 6.84. The Bertz CT molecular complexity index is 2470. The molecule has 9 rings (SSSR count). The van der Waals surface area contributed by atoms with E-state index in [4.69, 9.17) is 14.6 Å². The summed E-state index contributed by atoms with van der Waals surface area (Å²) in [6.07, 6.45) is 0. The molecule has 0 aliphatic heterocycles. The average Bonchev–Trinajstić information content (AvgIpc) is 3.69. The van der Waals surface area contributed by atoms with Gasteiger partial charge < -0.3 is 19.1 Å². The van der Waals surface area contributed by atoms with Crippen molar-refractivity contribution in [3.63, 3.8) is 0 Å². The van der Waals surface area contributed by atoms with E-state index in [-0.39, 0.29) is 0 Å². The summed E-state index contributed by atoms with van der Waals surface area (Å²) in [6, 6.07) is 42.3. The second-order valence-corrected chi connectivity index (χ2v) is 10.6. The number of furan rings is 2. The number of hydrogen-bond acceptors (Lipinski definition) is 3. The Balaban J connectivity index is 1.45. The first-order chi connectivity index (χ1) is 20.3. The van der Waals surface area contributed by atoms with Gasteiger partial charge in [0, 0.05) is 39.0 Å². The SMILES string of the molecule is NCc1cccc(-n2c3ccccc3c3ccc4oc5ccccc5c4c32)c1-c1ccc2oc3ccccc3c2c1. The van der Waals surface area contributed by atoms with Gasteiger partial charge in [-0.3, -0.25) is 0 Å². The summed E-state index contributed by atoms with van der Waals surface area (Å²) in [5.74, 6) is 0. The Labute approximate surface area is 234 Å². The van der Waals surface area contributed by atoms with Crippen molar-refractivity contribution in [2.24, 2.45) is 5.73 Å². The van der Waals surface area contributed by atoms with Crippen LogP contribution in [0.2, 0.25) is 0 Å². The number of hydrogen-bond donors (Lipinski definition) is 1. The van der Waals surface area contributed by atoms with Gasteiger partial charge in [-0.15, -0.1) is 0 Å². The van der Waals surface area contributed by atoms with E-state index < -0.39 is 0 Å². The van der Waals surface area contributed by atoms with Gasteiger partial charge in [0.15, 0.2) is 0 Å². The molecule has 4 heteroatoms. The van der Waals surface area contributed by atoms with Crippen molar-refractivity contribution < 1.29 is 8.83 Å². The fraction of sp³-hybridized carbons (Fsp3) is 0.0270. The molecule has 0 bridgehead atoms. The number of benzene rings is 6. The summed E-state index contributed by atoms with van der Waals surface area (Å²) in [4.78, 5) is 0. The molecule has 0 radical (unpaired) electrons. The third-order valence-electron chi connectivity index (χ3n) is 8.43. The lowest BCUT2D eigenvalue weighted by atomic mass is 9.95. The van der Waals surface area contributed by atoms with Crippen LogP contribution < -0.4 is 5.73 Å². The second kappa shape index (κ2) is 8.34. The third-order valence-corrected chi connectivity index (χ3v) is 8.43. The van der Waals surface area contributed by atoms with Crippen LogP contribution in [-0.2, 0) is 6.54 Å². The first kappa shape index (κ1) is 22.5. The molecular weight excluding hydrogens is 504 g/mol. The predicted octanol–water partition coefficient (Wildman–Crippen LogP) is 9.71. The Morgan fingerprint density at radius 2 is 1.22 bits per heavy atom. The fourth-order valence-corrected chi connectivity index (χ4v) is 6.67. The van der Waals surface area contributed by atoms with Crippen LogP contribution in [-0.4, -0.2) is 4.57 Å². The highest BCUT2D eigenvalue weighted by atomic mass is 16.3. The molecule has 0 aliphatic rings. The van der Waals surface area contributed by atoms with Crippen LogP contribution in [0.4, 0.5) is 0 Å². The van der Waals surface area contributed by atoms with Crippen LogP contribution >= 0.6 is 0 Å². The minimum Gasteiger partial charge on any atom is -0.456 e. The maximum Gasteiger partial charge on any atom is 0.137 e. The summed E-state index contributed by atoms with van der Waals surface area (Å²) in [6.45, 7) is 0.425. The monoisotopic (exact) mass is 528 g/mol. The van der Waals surface area contributed by atoms with Gasteiger partial charge in [0.1, 0.15) is 22.3 Å². The molecule has 0 saturated carbocycles. The summed E-state index contributed by atoms with van der Waals surface area (Å²) in [7, 11) is 0. The quantitative estimate of drug-likeness (QED) is 0.248. The molecule has 0 spiro atoms. The Kier molecular flexibility index (Phi) is 4.58. The maximum atomic E-state index is 6.42. The van der Waals surface area contributed by atoms with Crippen molar-refractivity contribution in [3.8, 4) is 16.8 Å². The summed E-state index contributed by atoms with van der Waals surface area (Å²) < 4.78 is 14.9. The molecule has 4 nitrogen and oxygen atoms in total. The summed E-state index contributed by atoms with van der Waals surface area (Å²) in [5.41, 5.74) is 16.6. The van der Waals surface area contributed by atoms with Gasteiger partial charge in [0.25, 0.3) is 0 Å². The van der Waals surface area contributed by atoms with E-state index in [9.17, 15) is 0 Å². The number of nitrogens with two attached hydrogens (primary N) is 1. The lowest BCUT2D eigenvalue weighted by Gasteiger charge is -2.18. The van der Waals surface area contributed by atoms with E-state index in [1.54, 1.807) is 0 Å². The smallest absolute Gasteiger partial charge is 0.137 e. The molecule has 3 aromatic heterocycles. The van der Waals surface area contributed by atoms with Gasteiger partial charge in [0.2, 0.25) is 0 Å². The lowest BCUT2D eigenvalue weighted by molar-refractivity contribution is 0.668. The molecule has 0 fully saturated rings. The van der Waals surface area contributed by atoms with Crippen LogP contribution in [0.5, 0.6) is 0 Å². The molecule has 41 heavy (non-hydrogen) atoms. The zero-order valence-electron chi connectivity index (χ0n) is 22.1. The molecule has 6 aromatic carbocycles. The van der Waals surface area contributed by atoms with Crippen LogP contribution in [0.15, 0.2) is 130 Å². The molecule has 0 aliphatic carbocycles. The van der Waals surface area contributed by atoms with E-state index in [1.807, 2.05) is 24.3 Å². The number of nitrogens with zero attached hydrogens (tertiary/aromatic N) is 1. The van der Waals surface area contributed by atoms with Crippen molar-refractivity contribution in [1.29, 1.82) is 0 Å². The van der Waals surface area contributed by atoms with E-state index in [2.05, 4.69) is 102 Å². The molecule has 0 atom stereocenters. The fourth-order valence-electron chi connectivity index (χ4n) is 6.67. The highest BCUT2D eigenvalue weighted by Crippen LogP contribution is 2.43. The van der Waals surface area contributed by atoms with Crippen molar-refractivity contribution in [2.75, 3.05) is 0 Å². The molecule has 0 unspecified atom stereocenters. The highest BCUT2D eigenvalue weighted by Gasteiger charge is 2.22. The largest absolute Gasteiger partial charge is 0.456 e. The van der Waals surface area contributed by atoms with Crippen LogP contribution in [0.1, 0.15) is 5.56 Å². The van der Waals surface area contributed by atoms with Gasteiger partial charge in [-0.25, -0.2) is 0 Å². The number of aromatic nitrogens is 1. The molecule has 3 heterocycles. The molecule has 0 amide bonds. The van der Waals surface area contributed by atoms with Crippen molar-refractivity contribution in [3.05, 3.63) is 127 Å². The zero-order chi connectivity index (χ0) is 27.1. The Morgan fingerprint density at radius 1 is 0.537 bits per heavy atom. The predicted molar refractivity (Wildman–Crippen MR) is 169 cm³/mol. The van der Waals surface area contributed by atoms with Gasteiger partial charge in [-0.05, 0) is 59.7 Å². The van der Waals surface area contributed by atoms with E-state index in [1.165, 1.54) is 10.8 Å². The topological polar surface area (TPSA) is 57.2 Å². The first-order valence-corrected chi connectivity index (χ1v) is 13.9.